The molecule has 98 valence electrons. The molecular formula is C12H18N4O2. The zero-order valence-electron chi connectivity index (χ0n) is 10.9. The van der Waals surface area contributed by atoms with Crippen LogP contribution in [0.25, 0.3) is 0 Å². The number of carbonyl (C=O) groups is 2. The van der Waals surface area contributed by atoms with Crippen molar-refractivity contribution in [1.82, 2.24) is 15.2 Å². The van der Waals surface area contributed by atoms with Crippen LogP contribution in [0.3, 0.4) is 0 Å². The fraction of sp³-hybridized carbons (Fsp3) is 0.417. The molecule has 6 nitrogen and oxygen atoms in total. The SMILES string of the molecule is Cc1ncc(N)cc1C(=O)NCCC(=O)N(C)C. The first-order valence-electron chi connectivity index (χ1n) is 5.62. The number of nitrogens with one attached hydrogen (secondary N) is 1. The van der Waals surface area contributed by atoms with Gasteiger partial charge in [0.1, 0.15) is 0 Å². The largest absolute Gasteiger partial charge is 0.397 e. The first-order valence-corrected chi connectivity index (χ1v) is 5.62. The predicted octanol–water partition coefficient (Wildman–Crippen LogP) is 0.180. The van der Waals surface area contributed by atoms with E-state index in [4.69, 9.17) is 5.73 Å². The van der Waals surface area contributed by atoms with Gasteiger partial charge in [-0.15, -0.1) is 0 Å². The van der Waals surface area contributed by atoms with Crippen LogP contribution >= 0.6 is 0 Å². The highest BCUT2D eigenvalue weighted by Gasteiger charge is 2.11. The Morgan fingerprint density at radius 3 is 2.72 bits per heavy atom. The molecule has 2 amide bonds. The van der Waals surface area contributed by atoms with Crippen molar-refractivity contribution < 1.29 is 9.59 Å². The molecule has 0 unspecified atom stereocenters. The second-order valence-electron chi connectivity index (χ2n) is 4.20. The van der Waals surface area contributed by atoms with E-state index in [1.807, 2.05) is 0 Å². The number of carbonyl (C=O) groups excluding carboxylic acids is 2. The number of rotatable bonds is 4. The van der Waals surface area contributed by atoms with Gasteiger partial charge in [0.25, 0.3) is 5.91 Å². The van der Waals surface area contributed by atoms with Crippen molar-refractivity contribution in [3.63, 3.8) is 0 Å². The number of nitrogens with zero attached hydrogens (tertiary/aromatic N) is 2. The normalized spacial score (nSPS) is 9.94. The summed E-state index contributed by atoms with van der Waals surface area (Å²) in [4.78, 5) is 28.7. The lowest BCUT2D eigenvalue weighted by molar-refractivity contribution is -0.128. The van der Waals surface area contributed by atoms with Gasteiger partial charge in [0.05, 0.1) is 23.1 Å². The van der Waals surface area contributed by atoms with Crippen molar-refractivity contribution in [2.75, 3.05) is 26.4 Å². The van der Waals surface area contributed by atoms with Crippen LogP contribution in [-0.2, 0) is 4.79 Å². The second-order valence-corrected chi connectivity index (χ2v) is 4.20. The van der Waals surface area contributed by atoms with Crippen LogP contribution < -0.4 is 11.1 Å². The molecule has 0 saturated heterocycles. The first-order chi connectivity index (χ1) is 8.41. The molecule has 0 spiro atoms. The summed E-state index contributed by atoms with van der Waals surface area (Å²) in [6.07, 6.45) is 1.77. The van der Waals surface area contributed by atoms with Crippen molar-refractivity contribution in [3.8, 4) is 0 Å². The van der Waals surface area contributed by atoms with Crippen LogP contribution in [0.4, 0.5) is 5.69 Å². The number of hydrogen-bond donors (Lipinski definition) is 2. The highest BCUT2D eigenvalue weighted by Crippen LogP contribution is 2.09. The summed E-state index contributed by atoms with van der Waals surface area (Å²) in [5.74, 6) is -0.295. The number of pyridine rings is 1. The maximum absolute atomic E-state index is 11.8. The molecule has 1 aromatic rings. The van der Waals surface area contributed by atoms with Gasteiger partial charge in [0, 0.05) is 27.1 Å². The van der Waals surface area contributed by atoms with Gasteiger partial charge in [0.2, 0.25) is 5.91 Å². The smallest absolute Gasteiger partial charge is 0.253 e. The molecule has 0 radical (unpaired) electrons. The Labute approximate surface area is 106 Å². The van der Waals surface area contributed by atoms with E-state index >= 15 is 0 Å². The summed E-state index contributed by atoms with van der Waals surface area (Å²) in [6, 6.07) is 1.57. The lowest BCUT2D eigenvalue weighted by atomic mass is 10.2. The van der Waals surface area contributed by atoms with Gasteiger partial charge < -0.3 is 16.0 Å². The zero-order chi connectivity index (χ0) is 13.7. The highest BCUT2D eigenvalue weighted by atomic mass is 16.2. The molecule has 0 aliphatic heterocycles. The summed E-state index contributed by atoms with van der Waals surface area (Å²) in [6.45, 7) is 2.03. The fourth-order valence-electron chi connectivity index (χ4n) is 1.38. The number of hydrogen-bond acceptors (Lipinski definition) is 4. The molecule has 3 N–H and O–H groups in total. The van der Waals surface area contributed by atoms with E-state index in [1.165, 1.54) is 11.1 Å². The van der Waals surface area contributed by atoms with Gasteiger partial charge in [-0.3, -0.25) is 14.6 Å². The number of aromatic nitrogens is 1. The Kier molecular flexibility index (Phi) is 4.65. The third kappa shape index (κ3) is 3.73. The van der Waals surface area contributed by atoms with Crippen LogP contribution in [0.1, 0.15) is 22.5 Å². The van der Waals surface area contributed by atoms with Crippen LogP contribution in [0.15, 0.2) is 12.3 Å². The van der Waals surface area contributed by atoms with E-state index in [2.05, 4.69) is 10.3 Å². The average molecular weight is 250 g/mol. The minimum atomic E-state index is -0.265. The maximum Gasteiger partial charge on any atom is 0.253 e. The molecule has 1 rings (SSSR count). The lowest BCUT2D eigenvalue weighted by Crippen LogP contribution is -2.30. The minimum Gasteiger partial charge on any atom is -0.397 e. The lowest BCUT2D eigenvalue weighted by Gasteiger charge is -2.11. The predicted molar refractivity (Wildman–Crippen MR) is 69.0 cm³/mol. The Morgan fingerprint density at radius 1 is 1.44 bits per heavy atom. The van der Waals surface area contributed by atoms with Crippen molar-refractivity contribution in [1.29, 1.82) is 0 Å². The monoisotopic (exact) mass is 250 g/mol. The van der Waals surface area contributed by atoms with Crippen molar-refractivity contribution in [2.24, 2.45) is 0 Å². The minimum absolute atomic E-state index is 0.0299. The Morgan fingerprint density at radius 2 is 2.11 bits per heavy atom. The number of amides is 2. The van der Waals surface area contributed by atoms with Gasteiger partial charge >= 0.3 is 0 Å². The molecule has 0 saturated carbocycles. The molecular weight excluding hydrogens is 232 g/mol. The van der Waals surface area contributed by atoms with Gasteiger partial charge in [0.15, 0.2) is 0 Å². The van der Waals surface area contributed by atoms with Gasteiger partial charge in [-0.25, -0.2) is 0 Å². The van der Waals surface area contributed by atoms with E-state index in [0.29, 0.717) is 23.5 Å². The van der Waals surface area contributed by atoms with E-state index in [-0.39, 0.29) is 18.2 Å². The molecule has 0 bridgehead atoms. The molecule has 18 heavy (non-hydrogen) atoms. The topological polar surface area (TPSA) is 88.3 Å². The number of aryl methyl sites for hydroxylation is 1. The molecule has 0 fully saturated rings. The highest BCUT2D eigenvalue weighted by molar-refractivity contribution is 5.96. The zero-order valence-corrected chi connectivity index (χ0v) is 10.9. The van der Waals surface area contributed by atoms with E-state index in [0.717, 1.165) is 0 Å². The van der Waals surface area contributed by atoms with Crippen molar-refractivity contribution in [2.45, 2.75) is 13.3 Å². The summed E-state index contributed by atoms with van der Waals surface area (Å²) in [7, 11) is 3.35. The quantitative estimate of drug-likeness (QED) is 0.798. The first kappa shape index (κ1) is 14.0. The summed E-state index contributed by atoms with van der Waals surface area (Å²) >= 11 is 0. The molecule has 0 aliphatic carbocycles. The van der Waals surface area contributed by atoms with Gasteiger partial charge in [-0.05, 0) is 13.0 Å². The third-order valence-electron chi connectivity index (χ3n) is 2.48. The maximum atomic E-state index is 11.8. The number of anilines is 1. The van der Waals surface area contributed by atoms with Crippen LogP contribution in [0, 0.1) is 6.92 Å². The Hall–Kier alpha value is -2.11. The van der Waals surface area contributed by atoms with Crippen LogP contribution in [-0.4, -0.2) is 42.3 Å². The standard InChI is InChI=1S/C12H18N4O2/c1-8-10(6-9(13)7-15-8)12(18)14-5-4-11(17)16(2)3/h6-7H,4-5,13H2,1-3H3,(H,14,18). The number of nitrogens with two attached hydrogens (primary N) is 1. The third-order valence-corrected chi connectivity index (χ3v) is 2.48. The molecule has 1 heterocycles. The number of nitrogen functional groups attached to an aromatic ring is 1. The van der Waals surface area contributed by atoms with Crippen molar-refractivity contribution >= 4 is 17.5 Å². The molecule has 1 aromatic heterocycles. The average Bonchev–Trinajstić information content (AvgIpc) is 2.31. The molecule has 0 atom stereocenters. The summed E-state index contributed by atoms with van der Waals surface area (Å²) in [5.41, 5.74) is 7.07. The van der Waals surface area contributed by atoms with Gasteiger partial charge in [-0.2, -0.15) is 0 Å². The van der Waals surface area contributed by atoms with E-state index in [9.17, 15) is 9.59 Å². The van der Waals surface area contributed by atoms with E-state index in [1.54, 1.807) is 27.1 Å². The molecule has 6 heteroatoms. The van der Waals surface area contributed by atoms with E-state index < -0.39 is 0 Å². The Bertz CT molecular complexity index is 457. The summed E-state index contributed by atoms with van der Waals surface area (Å²) < 4.78 is 0. The van der Waals surface area contributed by atoms with Gasteiger partial charge in [-0.1, -0.05) is 0 Å². The molecule has 0 aliphatic rings. The molecule has 0 aromatic carbocycles. The summed E-state index contributed by atoms with van der Waals surface area (Å²) in [5, 5.41) is 2.67. The fourth-order valence-corrected chi connectivity index (χ4v) is 1.38. The second kappa shape index (κ2) is 6.00. The van der Waals surface area contributed by atoms with Crippen LogP contribution in [0.5, 0.6) is 0 Å². The van der Waals surface area contributed by atoms with Crippen molar-refractivity contribution in [3.05, 3.63) is 23.5 Å². The Balaban J connectivity index is 2.56. The van der Waals surface area contributed by atoms with Crippen LogP contribution in [0.2, 0.25) is 0 Å².